The highest BCUT2D eigenvalue weighted by Gasteiger charge is 2.31. The predicted octanol–water partition coefficient (Wildman–Crippen LogP) is 2.65. The minimum atomic E-state index is -0.121. The monoisotopic (exact) mass is 211 g/mol. The Labute approximate surface area is 90.7 Å². The fourth-order valence-corrected chi connectivity index (χ4v) is 3.80. The van der Waals surface area contributed by atoms with Crippen LogP contribution in [0, 0.1) is 6.58 Å². The van der Waals surface area contributed by atoms with Gasteiger partial charge in [0.25, 0.3) is 0 Å². The third-order valence-corrected chi connectivity index (χ3v) is 5.30. The Morgan fingerprint density at radius 3 is 2.79 bits per heavy atom. The van der Waals surface area contributed by atoms with Gasteiger partial charge in [0.2, 0.25) is 0 Å². The zero-order valence-corrected chi connectivity index (χ0v) is 11.1. The maximum atomic E-state index is 6.03. The highest BCUT2D eigenvalue weighted by molar-refractivity contribution is 6.37. The van der Waals surface area contributed by atoms with Crippen LogP contribution in [0.1, 0.15) is 45.4 Å². The molecule has 1 radical (unpaired) electrons. The molecule has 0 aliphatic carbocycles. The lowest BCUT2D eigenvalue weighted by molar-refractivity contribution is -0.0196. The summed E-state index contributed by atoms with van der Waals surface area (Å²) < 4.78 is 5.99. The summed E-state index contributed by atoms with van der Waals surface area (Å²) in [5.74, 6) is 0. The molecule has 14 heavy (non-hydrogen) atoms. The summed E-state index contributed by atoms with van der Waals surface area (Å²) >= 11 is 0. The lowest BCUT2D eigenvalue weighted by atomic mass is 9.99. The molecule has 0 bridgehead atoms. The second kappa shape index (κ2) is 5.71. The Morgan fingerprint density at radius 1 is 1.50 bits per heavy atom. The van der Waals surface area contributed by atoms with Gasteiger partial charge in [-0.25, -0.2) is 0 Å². The molecular formula is C12H23OSi. The minimum absolute atomic E-state index is 0.121. The zero-order chi connectivity index (χ0) is 10.4. The summed E-state index contributed by atoms with van der Waals surface area (Å²) in [6.45, 7) is 11.5. The topological polar surface area (TPSA) is 9.23 Å². The molecule has 0 saturated carbocycles. The summed E-state index contributed by atoms with van der Waals surface area (Å²) in [6.07, 6.45) is 7.08. The van der Waals surface area contributed by atoms with Crippen molar-refractivity contribution in [3.05, 3.63) is 12.2 Å². The van der Waals surface area contributed by atoms with Gasteiger partial charge in [0.15, 0.2) is 0 Å². The maximum Gasteiger partial charge on any atom is 0.0568 e. The van der Waals surface area contributed by atoms with E-state index in [1.165, 1.54) is 19.3 Å². The van der Waals surface area contributed by atoms with Gasteiger partial charge in [-0.3, -0.25) is 0 Å². The Morgan fingerprint density at radius 2 is 2.29 bits per heavy atom. The van der Waals surface area contributed by atoms with Crippen LogP contribution in [-0.4, -0.2) is 21.4 Å². The second-order valence-corrected chi connectivity index (χ2v) is 6.42. The molecule has 0 aromatic heterocycles. The number of rotatable bonds is 5. The quantitative estimate of drug-likeness (QED) is 0.635. The van der Waals surface area contributed by atoms with E-state index in [1.54, 1.807) is 0 Å². The van der Waals surface area contributed by atoms with Crippen LogP contribution in [0.5, 0.6) is 0 Å². The predicted molar refractivity (Wildman–Crippen MR) is 64.3 cm³/mol. The molecule has 2 heteroatoms. The Kier molecular flexibility index (Phi) is 4.89. The van der Waals surface area contributed by atoms with Crippen molar-refractivity contribution < 1.29 is 4.74 Å². The van der Waals surface area contributed by atoms with Crippen LogP contribution in [-0.2, 0) is 4.74 Å². The van der Waals surface area contributed by atoms with Gasteiger partial charge in [-0.05, 0) is 32.1 Å². The SMILES string of the molecule is [CH]=C(CCC)CC1([SiH2]C)CCCCO1. The highest BCUT2D eigenvalue weighted by Crippen LogP contribution is 2.30. The molecule has 0 spiro atoms. The number of hydrogen-bond acceptors (Lipinski definition) is 1. The van der Waals surface area contributed by atoms with E-state index in [-0.39, 0.29) is 14.7 Å². The van der Waals surface area contributed by atoms with E-state index in [1.807, 2.05) is 0 Å². The number of ether oxygens (including phenoxy) is 1. The molecule has 1 saturated heterocycles. The van der Waals surface area contributed by atoms with Crippen molar-refractivity contribution in [3.8, 4) is 0 Å². The Hall–Kier alpha value is -0.0831. The second-order valence-electron chi connectivity index (χ2n) is 4.43. The average molecular weight is 211 g/mol. The molecule has 0 aromatic rings. The van der Waals surface area contributed by atoms with Gasteiger partial charge in [-0.2, -0.15) is 0 Å². The molecule has 1 aliphatic rings. The molecule has 1 fully saturated rings. The first kappa shape index (κ1) is 12.0. The molecule has 81 valence electrons. The molecule has 0 aromatic carbocycles. The van der Waals surface area contributed by atoms with Crippen molar-refractivity contribution in [2.24, 2.45) is 0 Å². The summed E-state index contributed by atoms with van der Waals surface area (Å²) in [5, 5.41) is 0.220. The highest BCUT2D eigenvalue weighted by atomic mass is 28.2. The maximum absolute atomic E-state index is 6.03. The van der Waals surface area contributed by atoms with Gasteiger partial charge in [-0.1, -0.05) is 32.0 Å². The summed E-state index contributed by atoms with van der Waals surface area (Å²) in [5.41, 5.74) is 1.16. The molecule has 1 heterocycles. The first-order valence-corrected chi connectivity index (χ1v) is 8.08. The smallest absolute Gasteiger partial charge is 0.0568 e. The molecule has 1 rings (SSSR count). The average Bonchev–Trinajstić information content (AvgIpc) is 2.19. The molecule has 0 amide bonds. The summed E-state index contributed by atoms with van der Waals surface area (Å²) in [6, 6.07) is 0. The van der Waals surface area contributed by atoms with Crippen LogP contribution in [0.25, 0.3) is 0 Å². The lowest BCUT2D eigenvalue weighted by Crippen LogP contribution is -2.41. The van der Waals surface area contributed by atoms with Crippen molar-refractivity contribution >= 4 is 9.52 Å². The van der Waals surface area contributed by atoms with Gasteiger partial charge in [0.1, 0.15) is 0 Å². The summed E-state index contributed by atoms with van der Waals surface area (Å²) in [4.78, 5) is 0. The Bertz CT molecular complexity index is 183. The minimum Gasteiger partial charge on any atom is -0.379 e. The lowest BCUT2D eigenvalue weighted by Gasteiger charge is -2.37. The molecule has 1 atom stereocenters. The summed E-state index contributed by atoms with van der Waals surface area (Å²) in [7, 11) is -0.121. The van der Waals surface area contributed by atoms with Gasteiger partial charge < -0.3 is 4.74 Å². The van der Waals surface area contributed by atoms with E-state index in [0.717, 1.165) is 31.4 Å². The third-order valence-electron chi connectivity index (χ3n) is 3.20. The van der Waals surface area contributed by atoms with Crippen molar-refractivity contribution in [2.75, 3.05) is 6.61 Å². The van der Waals surface area contributed by atoms with Crippen molar-refractivity contribution in [1.82, 2.24) is 0 Å². The van der Waals surface area contributed by atoms with Crippen molar-refractivity contribution in [3.63, 3.8) is 0 Å². The molecule has 0 N–H and O–H groups in total. The van der Waals surface area contributed by atoms with Crippen molar-refractivity contribution in [1.29, 1.82) is 0 Å². The fraction of sp³-hybridized carbons (Fsp3) is 0.833. The molecule has 1 unspecified atom stereocenters. The van der Waals surface area contributed by atoms with Gasteiger partial charge in [0, 0.05) is 6.61 Å². The van der Waals surface area contributed by atoms with Gasteiger partial charge in [0.05, 0.1) is 14.7 Å². The molecule has 1 aliphatic heterocycles. The first-order valence-electron chi connectivity index (χ1n) is 5.96. The van der Waals surface area contributed by atoms with Crippen LogP contribution in [0.15, 0.2) is 5.57 Å². The van der Waals surface area contributed by atoms with Gasteiger partial charge in [-0.15, -0.1) is 0 Å². The van der Waals surface area contributed by atoms with Crippen LogP contribution in [0.3, 0.4) is 0 Å². The Balaban J connectivity index is 2.47. The molecule has 1 nitrogen and oxygen atoms in total. The number of hydrogen-bond donors (Lipinski definition) is 0. The van der Waals surface area contributed by atoms with Crippen LogP contribution in [0.4, 0.5) is 0 Å². The van der Waals surface area contributed by atoms with E-state index >= 15 is 0 Å². The van der Waals surface area contributed by atoms with Crippen LogP contribution >= 0.6 is 0 Å². The van der Waals surface area contributed by atoms with E-state index in [9.17, 15) is 0 Å². The molecular weight excluding hydrogens is 188 g/mol. The van der Waals surface area contributed by atoms with E-state index < -0.39 is 0 Å². The van der Waals surface area contributed by atoms with Crippen LogP contribution in [0.2, 0.25) is 6.55 Å². The van der Waals surface area contributed by atoms with Crippen LogP contribution < -0.4 is 0 Å². The van der Waals surface area contributed by atoms with E-state index in [0.29, 0.717) is 0 Å². The first-order chi connectivity index (χ1) is 6.72. The zero-order valence-electron chi connectivity index (χ0n) is 9.64. The standard InChI is InChI=1S/C12H23OSi/c1-4-7-11(2)10-12(14-3)8-5-6-9-13-12/h2H,4-10,14H2,1,3H3. The van der Waals surface area contributed by atoms with Crippen molar-refractivity contribution in [2.45, 2.75) is 57.2 Å². The largest absolute Gasteiger partial charge is 0.379 e. The van der Waals surface area contributed by atoms with E-state index in [2.05, 4.69) is 13.5 Å². The third kappa shape index (κ3) is 3.25. The van der Waals surface area contributed by atoms with Gasteiger partial charge >= 0.3 is 0 Å². The normalized spacial score (nSPS) is 28.4. The fourth-order valence-electron chi connectivity index (χ4n) is 2.28. The van der Waals surface area contributed by atoms with E-state index in [4.69, 9.17) is 11.3 Å².